The van der Waals surface area contributed by atoms with Crippen molar-refractivity contribution in [1.82, 2.24) is 4.57 Å². The van der Waals surface area contributed by atoms with E-state index in [0.717, 1.165) is 29.5 Å². The number of halogens is 3. The van der Waals surface area contributed by atoms with E-state index in [2.05, 4.69) is 0 Å². The number of hydrogen-bond acceptors (Lipinski definition) is 3. The van der Waals surface area contributed by atoms with E-state index in [1.165, 1.54) is 16.7 Å². The van der Waals surface area contributed by atoms with E-state index >= 15 is 0 Å². The maximum Gasteiger partial charge on any atom is 0.260 e. The van der Waals surface area contributed by atoms with Crippen molar-refractivity contribution >= 4 is 32.2 Å². The summed E-state index contributed by atoms with van der Waals surface area (Å²) in [7, 11) is -3.72. The van der Waals surface area contributed by atoms with Gasteiger partial charge < -0.3 is 4.57 Å². The van der Waals surface area contributed by atoms with E-state index in [4.69, 9.17) is 11.6 Å². The third-order valence-corrected chi connectivity index (χ3v) is 7.66. The summed E-state index contributed by atoms with van der Waals surface area (Å²) in [6.45, 7) is -0.264. The molecule has 186 valence electrons. The molecule has 0 radical (unpaired) electrons. The van der Waals surface area contributed by atoms with E-state index < -0.39 is 27.0 Å². The highest BCUT2D eigenvalue weighted by Gasteiger charge is 2.21. The summed E-state index contributed by atoms with van der Waals surface area (Å²) in [5.74, 6) is -1.57. The number of nitrogens with zero attached hydrogens (tertiary/aromatic N) is 1. The molecule has 0 fully saturated rings. The van der Waals surface area contributed by atoms with E-state index in [1.54, 1.807) is 36.4 Å². The number of fused-ring (bicyclic) bond motifs is 1. The third kappa shape index (κ3) is 4.80. The van der Waals surface area contributed by atoms with Gasteiger partial charge in [0.1, 0.15) is 11.6 Å². The van der Waals surface area contributed by atoms with E-state index in [0.29, 0.717) is 5.39 Å². The molecule has 8 heteroatoms. The Hall–Kier alpha value is -3.81. The Morgan fingerprint density at radius 1 is 0.838 bits per heavy atom. The molecule has 4 nitrogen and oxygen atoms in total. The minimum atomic E-state index is -3.72. The van der Waals surface area contributed by atoms with Gasteiger partial charge in [0.05, 0.1) is 27.5 Å². The average molecular weight is 536 g/mol. The molecule has 5 rings (SSSR count). The summed E-state index contributed by atoms with van der Waals surface area (Å²) < 4.78 is 55.2. The molecule has 0 aliphatic heterocycles. The lowest BCUT2D eigenvalue weighted by molar-refractivity contribution is 0.565. The van der Waals surface area contributed by atoms with Crippen LogP contribution in [0.2, 0.25) is 5.02 Å². The molecule has 0 saturated carbocycles. The van der Waals surface area contributed by atoms with E-state index in [-0.39, 0.29) is 38.7 Å². The highest BCUT2D eigenvalue weighted by molar-refractivity contribution is 7.90. The fourth-order valence-corrected chi connectivity index (χ4v) is 5.56. The highest BCUT2D eigenvalue weighted by atomic mass is 35.5. The summed E-state index contributed by atoms with van der Waals surface area (Å²) in [6.07, 6.45) is 1.09. The summed E-state index contributed by atoms with van der Waals surface area (Å²) in [6, 6.07) is 24.0. The Labute approximate surface area is 217 Å². The SMILES string of the molecule is CS(=O)(=O)c1ccc(-c2ccccc2)cc1-c1cc2cccc(Cl)c2c(=O)n1Cc1ccc(F)cc1F. The molecule has 5 aromatic rings. The fourth-order valence-electron chi connectivity index (χ4n) is 4.42. The van der Waals surface area contributed by atoms with Crippen LogP contribution in [0.5, 0.6) is 0 Å². The van der Waals surface area contributed by atoms with Gasteiger partial charge in [0, 0.05) is 23.4 Å². The molecular weight excluding hydrogens is 516 g/mol. The Balaban J connectivity index is 1.86. The van der Waals surface area contributed by atoms with Crippen LogP contribution in [0.25, 0.3) is 33.2 Å². The van der Waals surface area contributed by atoms with Crippen molar-refractivity contribution in [2.24, 2.45) is 0 Å². The van der Waals surface area contributed by atoms with Gasteiger partial charge in [0.25, 0.3) is 5.56 Å². The molecular formula is C29H20ClF2NO3S. The van der Waals surface area contributed by atoms with Crippen molar-refractivity contribution < 1.29 is 17.2 Å². The van der Waals surface area contributed by atoms with Gasteiger partial charge in [0.2, 0.25) is 0 Å². The first-order valence-electron chi connectivity index (χ1n) is 11.3. The van der Waals surface area contributed by atoms with Crippen LogP contribution in [0.4, 0.5) is 8.78 Å². The van der Waals surface area contributed by atoms with Gasteiger partial charge in [-0.1, -0.05) is 66.2 Å². The van der Waals surface area contributed by atoms with Gasteiger partial charge in [-0.05, 0) is 46.8 Å². The Bertz CT molecular complexity index is 1830. The Morgan fingerprint density at radius 3 is 2.30 bits per heavy atom. The van der Waals surface area contributed by atoms with Crippen molar-refractivity contribution in [3.63, 3.8) is 0 Å². The third-order valence-electron chi connectivity index (χ3n) is 6.19. The molecule has 0 saturated heterocycles. The molecule has 0 bridgehead atoms. The van der Waals surface area contributed by atoms with Gasteiger partial charge in [-0.2, -0.15) is 0 Å². The zero-order valence-electron chi connectivity index (χ0n) is 19.6. The van der Waals surface area contributed by atoms with Crippen LogP contribution in [0.1, 0.15) is 5.56 Å². The van der Waals surface area contributed by atoms with Crippen LogP contribution in [-0.2, 0) is 16.4 Å². The lowest BCUT2D eigenvalue weighted by atomic mass is 9.99. The number of rotatable bonds is 5. The predicted molar refractivity (Wildman–Crippen MR) is 143 cm³/mol. The number of sulfone groups is 1. The zero-order valence-corrected chi connectivity index (χ0v) is 21.2. The molecule has 0 aliphatic rings. The zero-order chi connectivity index (χ0) is 26.3. The lowest BCUT2D eigenvalue weighted by Gasteiger charge is -2.19. The van der Waals surface area contributed by atoms with Crippen molar-refractivity contribution in [3.8, 4) is 22.4 Å². The molecule has 0 N–H and O–H groups in total. The first-order valence-corrected chi connectivity index (χ1v) is 13.6. The normalized spacial score (nSPS) is 11.7. The maximum absolute atomic E-state index is 14.7. The van der Waals surface area contributed by atoms with Crippen molar-refractivity contribution in [2.75, 3.05) is 6.26 Å². The van der Waals surface area contributed by atoms with Crippen LogP contribution in [0, 0.1) is 11.6 Å². The molecule has 0 amide bonds. The van der Waals surface area contributed by atoms with Crippen molar-refractivity contribution in [1.29, 1.82) is 0 Å². The van der Waals surface area contributed by atoms with Crippen LogP contribution >= 0.6 is 11.6 Å². The standard InChI is InChI=1S/C29H20ClF2NO3S/c1-37(35,36)27-13-11-19(18-6-3-2-4-7-18)14-23(27)26-15-20-8-5-9-24(30)28(20)29(34)33(26)17-21-10-12-22(31)16-25(21)32/h2-16H,17H2,1H3. The first kappa shape index (κ1) is 24.9. The Kier molecular flexibility index (Phi) is 6.43. The summed E-state index contributed by atoms with van der Waals surface area (Å²) in [5, 5.41) is 0.937. The van der Waals surface area contributed by atoms with E-state index in [9.17, 15) is 22.0 Å². The summed E-state index contributed by atoms with van der Waals surface area (Å²) >= 11 is 6.36. The van der Waals surface area contributed by atoms with Gasteiger partial charge in [0.15, 0.2) is 9.84 Å². The van der Waals surface area contributed by atoms with Gasteiger partial charge in [-0.15, -0.1) is 0 Å². The second kappa shape index (κ2) is 9.57. The van der Waals surface area contributed by atoms with Gasteiger partial charge in [-0.25, -0.2) is 17.2 Å². The second-order valence-electron chi connectivity index (χ2n) is 8.71. The summed E-state index contributed by atoms with van der Waals surface area (Å²) in [4.78, 5) is 13.8. The van der Waals surface area contributed by atoms with Gasteiger partial charge in [-0.3, -0.25) is 4.79 Å². The number of hydrogen-bond donors (Lipinski definition) is 0. The smallest absolute Gasteiger partial charge is 0.260 e. The Morgan fingerprint density at radius 2 is 1.59 bits per heavy atom. The molecule has 0 atom stereocenters. The average Bonchev–Trinajstić information content (AvgIpc) is 2.86. The second-order valence-corrected chi connectivity index (χ2v) is 11.1. The van der Waals surface area contributed by atoms with Crippen LogP contribution in [0.15, 0.2) is 101 Å². The first-order chi connectivity index (χ1) is 17.6. The van der Waals surface area contributed by atoms with Crippen molar-refractivity contribution in [2.45, 2.75) is 11.4 Å². The highest BCUT2D eigenvalue weighted by Crippen LogP contribution is 2.34. The molecule has 0 aliphatic carbocycles. The van der Waals surface area contributed by atoms with Crippen molar-refractivity contribution in [3.05, 3.63) is 124 Å². The molecule has 0 spiro atoms. The molecule has 1 heterocycles. The van der Waals surface area contributed by atoms with Gasteiger partial charge >= 0.3 is 0 Å². The van der Waals surface area contributed by atoms with Crippen LogP contribution in [0.3, 0.4) is 0 Å². The van der Waals surface area contributed by atoms with E-state index in [1.807, 2.05) is 30.3 Å². The number of pyridine rings is 1. The minimum Gasteiger partial charge on any atom is -0.303 e. The lowest BCUT2D eigenvalue weighted by Crippen LogP contribution is -2.24. The number of aromatic nitrogens is 1. The largest absolute Gasteiger partial charge is 0.303 e. The predicted octanol–water partition coefficient (Wildman–Crippen LogP) is 6.72. The molecule has 0 unspecified atom stereocenters. The quantitative estimate of drug-likeness (QED) is 0.251. The monoisotopic (exact) mass is 535 g/mol. The summed E-state index contributed by atoms with van der Waals surface area (Å²) in [5.41, 5.74) is 1.68. The number of benzene rings is 4. The van der Waals surface area contributed by atoms with Crippen LogP contribution < -0.4 is 5.56 Å². The fraction of sp³-hybridized carbons (Fsp3) is 0.0690. The topological polar surface area (TPSA) is 56.1 Å². The maximum atomic E-state index is 14.7. The minimum absolute atomic E-state index is 0.0151. The molecule has 1 aromatic heterocycles. The molecule has 37 heavy (non-hydrogen) atoms. The molecule has 4 aromatic carbocycles. The van der Waals surface area contributed by atoms with Crippen LogP contribution in [-0.4, -0.2) is 19.2 Å².